The summed E-state index contributed by atoms with van der Waals surface area (Å²) in [5, 5.41) is 9.16. The molecule has 1 aromatic rings. The first-order valence-electron chi connectivity index (χ1n) is 10.5. The Morgan fingerprint density at radius 2 is 1.75 bits per heavy atom. The number of piperidine rings is 1. The number of likely N-dealkylation sites (tertiary alicyclic amines) is 1. The van der Waals surface area contributed by atoms with Crippen LogP contribution in [0.2, 0.25) is 0 Å². The van der Waals surface area contributed by atoms with Crippen LogP contribution in [0, 0.1) is 5.92 Å². The van der Waals surface area contributed by atoms with Crippen molar-refractivity contribution in [2.24, 2.45) is 5.92 Å². The zero-order chi connectivity index (χ0) is 19.9. The monoisotopic (exact) mass is 387 g/mol. The summed E-state index contributed by atoms with van der Waals surface area (Å²) in [6.07, 6.45) is 3.06. The number of benzene rings is 1. The van der Waals surface area contributed by atoms with Gasteiger partial charge in [-0.3, -0.25) is 14.5 Å². The third-order valence-corrected chi connectivity index (χ3v) is 6.25. The zero-order valence-corrected chi connectivity index (χ0v) is 16.9. The largest absolute Gasteiger partial charge is 0.481 e. The molecule has 3 rings (SSSR count). The average molecular weight is 388 g/mol. The molecule has 28 heavy (non-hydrogen) atoms. The lowest BCUT2D eigenvalue weighted by molar-refractivity contribution is -0.138. The van der Waals surface area contributed by atoms with Gasteiger partial charge in [-0.25, -0.2) is 0 Å². The molecule has 1 N–H and O–H groups in total. The number of carbonyl (C=O) groups excluding carboxylic acids is 1. The number of carbonyl (C=O) groups is 2. The first kappa shape index (κ1) is 20.8. The third kappa shape index (κ3) is 5.79. The van der Waals surface area contributed by atoms with Gasteiger partial charge in [-0.15, -0.1) is 0 Å². The molecule has 2 atom stereocenters. The number of hydrogen-bond acceptors (Lipinski definition) is 4. The van der Waals surface area contributed by atoms with Gasteiger partial charge in [0.25, 0.3) is 0 Å². The van der Waals surface area contributed by atoms with E-state index >= 15 is 0 Å². The molecule has 0 aromatic heterocycles. The summed E-state index contributed by atoms with van der Waals surface area (Å²) in [4.78, 5) is 30.8. The molecule has 1 amide bonds. The molecule has 0 bridgehead atoms. The van der Waals surface area contributed by atoms with Crippen molar-refractivity contribution >= 4 is 11.9 Å². The number of amides is 1. The molecule has 2 saturated heterocycles. The molecule has 0 aliphatic carbocycles. The number of carboxylic acids is 1. The molecule has 6 heteroatoms. The van der Waals surface area contributed by atoms with Gasteiger partial charge >= 0.3 is 5.97 Å². The predicted octanol–water partition coefficient (Wildman–Crippen LogP) is 1.95. The van der Waals surface area contributed by atoms with Crippen molar-refractivity contribution in [3.05, 3.63) is 35.9 Å². The molecule has 2 fully saturated rings. The molecule has 2 aliphatic rings. The highest BCUT2D eigenvalue weighted by molar-refractivity contribution is 5.76. The summed E-state index contributed by atoms with van der Waals surface area (Å²) >= 11 is 0. The fourth-order valence-corrected chi connectivity index (χ4v) is 4.53. The topological polar surface area (TPSA) is 64.1 Å². The molecule has 154 valence electrons. The van der Waals surface area contributed by atoms with Crippen LogP contribution in [-0.2, 0) is 16.0 Å². The lowest BCUT2D eigenvalue weighted by Gasteiger charge is -2.46. The van der Waals surface area contributed by atoms with Gasteiger partial charge < -0.3 is 14.9 Å². The van der Waals surface area contributed by atoms with Crippen LogP contribution in [-0.4, -0.2) is 84.0 Å². The average Bonchev–Trinajstić information content (AvgIpc) is 2.71. The Bertz CT molecular complexity index is 644. The Morgan fingerprint density at radius 1 is 1.04 bits per heavy atom. The van der Waals surface area contributed by atoms with Gasteiger partial charge in [0.2, 0.25) is 5.91 Å². The zero-order valence-electron chi connectivity index (χ0n) is 16.9. The van der Waals surface area contributed by atoms with Crippen molar-refractivity contribution in [3.8, 4) is 0 Å². The van der Waals surface area contributed by atoms with E-state index in [1.54, 1.807) is 0 Å². The lowest BCUT2D eigenvalue weighted by atomic mass is 9.86. The van der Waals surface area contributed by atoms with Crippen molar-refractivity contribution in [3.63, 3.8) is 0 Å². The second-order valence-electron chi connectivity index (χ2n) is 8.21. The number of aliphatic carboxylic acids is 1. The minimum Gasteiger partial charge on any atom is -0.481 e. The van der Waals surface area contributed by atoms with E-state index in [0.29, 0.717) is 25.4 Å². The summed E-state index contributed by atoms with van der Waals surface area (Å²) < 4.78 is 0. The van der Waals surface area contributed by atoms with Crippen LogP contribution in [0.15, 0.2) is 30.3 Å². The number of piperazine rings is 1. The molecule has 0 spiro atoms. The maximum Gasteiger partial charge on any atom is 0.303 e. The van der Waals surface area contributed by atoms with Crippen LogP contribution in [0.25, 0.3) is 0 Å². The molecule has 0 radical (unpaired) electrons. The van der Waals surface area contributed by atoms with E-state index in [0.717, 1.165) is 45.6 Å². The van der Waals surface area contributed by atoms with Crippen molar-refractivity contribution in [1.29, 1.82) is 0 Å². The Balaban J connectivity index is 1.57. The molecule has 1 aromatic carbocycles. The Hall–Kier alpha value is -1.92. The van der Waals surface area contributed by atoms with Gasteiger partial charge in [0.1, 0.15) is 0 Å². The normalized spacial score (nSPS) is 24.2. The first-order valence-corrected chi connectivity index (χ1v) is 10.5. The molecule has 2 heterocycles. The minimum atomic E-state index is -0.746. The standard InChI is InChI=1S/C22H33N3O3/c1-23-13-15-24(16-14-23)20-11-12-25(17-19(20)8-10-22(27)28)21(26)9-7-18-5-3-2-4-6-18/h2-6,19-20H,7-17H2,1H3,(H,27,28)/t19-,20+/m0/s1. The highest BCUT2D eigenvalue weighted by Gasteiger charge is 2.35. The second-order valence-corrected chi connectivity index (χ2v) is 8.21. The fraction of sp³-hybridized carbons (Fsp3) is 0.636. The summed E-state index contributed by atoms with van der Waals surface area (Å²) in [7, 11) is 2.15. The minimum absolute atomic E-state index is 0.182. The lowest BCUT2D eigenvalue weighted by Crippen LogP contribution is -2.57. The number of carboxylic acid groups (broad SMARTS) is 1. The van der Waals surface area contributed by atoms with E-state index in [9.17, 15) is 9.59 Å². The highest BCUT2D eigenvalue weighted by Crippen LogP contribution is 2.27. The van der Waals surface area contributed by atoms with Gasteiger partial charge in [0.05, 0.1) is 0 Å². The summed E-state index contributed by atoms with van der Waals surface area (Å²) in [6, 6.07) is 10.5. The van der Waals surface area contributed by atoms with E-state index in [2.05, 4.69) is 29.0 Å². The first-order chi connectivity index (χ1) is 13.5. The molecular formula is C22H33N3O3. The molecule has 2 aliphatic heterocycles. The maximum atomic E-state index is 12.8. The van der Waals surface area contributed by atoms with Crippen molar-refractivity contribution in [1.82, 2.24) is 14.7 Å². The number of likely N-dealkylation sites (N-methyl/N-ethyl adjacent to an activating group) is 1. The van der Waals surface area contributed by atoms with Gasteiger partial charge in [0.15, 0.2) is 0 Å². The number of hydrogen-bond donors (Lipinski definition) is 1. The Morgan fingerprint density at radius 3 is 2.43 bits per heavy atom. The molecule has 0 saturated carbocycles. The van der Waals surface area contributed by atoms with E-state index < -0.39 is 5.97 Å². The molecular weight excluding hydrogens is 354 g/mol. The maximum absolute atomic E-state index is 12.8. The third-order valence-electron chi connectivity index (χ3n) is 6.25. The second kappa shape index (κ2) is 10.0. The van der Waals surface area contributed by atoms with Crippen molar-refractivity contribution < 1.29 is 14.7 Å². The van der Waals surface area contributed by atoms with Crippen LogP contribution < -0.4 is 0 Å². The van der Waals surface area contributed by atoms with Gasteiger partial charge in [0, 0.05) is 58.2 Å². The van der Waals surface area contributed by atoms with Crippen LogP contribution >= 0.6 is 0 Å². The van der Waals surface area contributed by atoms with E-state index in [-0.39, 0.29) is 18.2 Å². The van der Waals surface area contributed by atoms with E-state index in [1.165, 1.54) is 5.56 Å². The smallest absolute Gasteiger partial charge is 0.303 e. The fourth-order valence-electron chi connectivity index (χ4n) is 4.53. The Kier molecular flexibility index (Phi) is 7.45. The van der Waals surface area contributed by atoms with Crippen LogP contribution in [0.1, 0.15) is 31.2 Å². The van der Waals surface area contributed by atoms with Crippen LogP contribution in [0.3, 0.4) is 0 Å². The summed E-state index contributed by atoms with van der Waals surface area (Å²) in [5.74, 6) is -0.306. The number of rotatable bonds is 7. The van der Waals surface area contributed by atoms with Crippen molar-refractivity contribution in [2.75, 3.05) is 46.3 Å². The number of aryl methyl sites for hydroxylation is 1. The molecule has 6 nitrogen and oxygen atoms in total. The van der Waals surface area contributed by atoms with E-state index in [1.807, 2.05) is 23.1 Å². The predicted molar refractivity (Wildman–Crippen MR) is 109 cm³/mol. The SMILES string of the molecule is CN1CCN([C@@H]2CCN(C(=O)CCc3ccccc3)C[C@@H]2CCC(=O)O)CC1. The van der Waals surface area contributed by atoms with Gasteiger partial charge in [-0.05, 0) is 37.8 Å². The van der Waals surface area contributed by atoms with Gasteiger partial charge in [-0.1, -0.05) is 30.3 Å². The summed E-state index contributed by atoms with van der Waals surface area (Å²) in [6.45, 7) is 5.66. The van der Waals surface area contributed by atoms with E-state index in [4.69, 9.17) is 5.11 Å². The Labute approximate surface area is 168 Å². The quantitative estimate of drug-likeness (QED) is 0.775. The van der Waals surface area contributed by atoms with Crippen molar-refractivity contribution in [2.45, 2.75) is 38.1 Å². The van der Waals surface area contributed by atoms with Gasteiger partial charge in [-0.2, -0.15) is 0 Å². The van der Waals surface area contributed by atoms with Crippen LogP contribution in [0.4, 0.5) is 0 Å². The summed E-state index contributed by atoms with van der Waals surface area (Å²) in [5.41, 5.74) is 1.19. The van der Waals surface area contributed by atoms with Crippen LogP contribution in [0.5, 0.6) is 0 Å². The highest BCUT2D eigenvalue weighted by atomic mass is 16.4. The molecule has 0 unspecified atom stereocenters. The number of nitrogens with zero attached hydrogens (tertiary/aromatic N) is 3.